The molecule has 0 spiro atoms. The van der Waals surface area contributed by atoms with E-state index >= 15 is 0 Å². The van der Waals surface area contributed by atoms with Crippen LogP contribution in [0, 0.1) is 6.92 Å². The third-order valence-electron chi connectivity index (χ3n) is 4.42. The maximum absolute atomic E-state index is 12.7. The quantitative estimate of drug-likeness (QED) is 0.888. The van der Waals surface area contributed by atoms with Crippen LogP contribution in [0.25, 0.3) is 0 Å². The first kappa shape index (κ1) is 14.6. The number of aryl methyl sites for hydroxylation is 1. The second-order valence-electron chi connectivity index (χ2n) is 5.93. The minimum absolute atomic E-state index is 0.0124. The van der Waals surface area contributed by atoms with Crippen molar-refractivity contribution in [3.8, 4) is 0 Å². The van der Waals surface area contributed by atoms with E-state index < -0.39 is 5.60 Å². The number of thiophene rings is 1. The summed E-state index contributed by atoms with van der Waals surface area (Å²) in [4.78, 5) is 20.2. The molecule has 1 fully saturated rings. The second kappa shape index (κ2) is 4.99. The first-order chi connectivity index (χ1) is 11.0. The molecule has 0 aliphatic carbocycles. The van der Waals surface area contributed by atoms with Gasteiger partial charge in [-0.15, -0.1) is 11.3 Å². The fraction of sp³-hybridized carbons (Fsp3) is 0.294. The molecule has 1 unspecified atom stereocenters. The molecule has 2 N–H and O–H groups in total. The highest BCUT2D eigenvalue weighted by molar-refractivity contribution is 7.16. The van der Waals surface area contributed by atoms with E-state index in [1.54, 1.807) is 6.07 Å². The first-order valence-corrected chi connectivity index (χ1v) is 8.29. The van der Waals surface area contributed by atoms with Crippen LogP contribution in [0.5, 0.6) is 0 Å². The molecule has 0 radical (unpaired) electrons. The van der Waals surface area contributed by atoms with Crippen molar-refractivity contribution in [1.29, 1.82) is 0 Å². The number of nitrogens with zero attached hydrogens (tertiary/aromatic N) is 2. The Bertz CT molecular complexity index is 825. The molecular formula is C17H16N2O3S. The fourth-order valence-corrected chi connectivity index (χ4v) is 4.06. The van der Waals surface area contributed by atoms with Gasteiger partial charge in [-0.3, -0.25) is 4.79 Å². The number of carbonyl (C=O) groups is 1. The predicted octanol–water partition coefficient (Wildman–Crippen LogP) is 2.42. The van der Waals surface area contributed by atoms with Crippen LogP contribution in [0.3, 0.4) is 0 Å². The van der Waals surface area contributed by atoms with E-state index in [1.165, 1.54) is 11.3 Å². The van der Waals surface area contributed by atoms with Crippen molar-refractivity contribution < 1.29 is 15.0 Å². The van der Waals surface area contributed by atoms with E-state index in [9.17, 15) is 9.90 Å². The topological polar surface area (TPSA) is 73.1 Å². The zero-order valence-corrected chi connectivity index (χ0v) is 13.4. The molecule has 2 aliphatic rings. The fourth-order valence-electron chi connectivity index (χ4n) is 3.18. The van der Waals surface area contributed by atoms with Crippen LogP contribution in [0.15, 0.2) is 35.3 Å². The number of aliphatic hydroxyl groups is 2. The Morgan fingerprint density at radius 3 is 2.78 bits per heavy atom. The van der Waals surface area contributed by atoms with Crippen LogP contribution in [0.1, 0.15) is 27.2 Å². The Kier molecular flexibility index (Phi) is 3.16. The molecule has 1 atom stereocenters. The summed E-state index contributed by atoms with van der Waals surface area (Å²) >= 11 is 1.47. The van der Waals surface area contributed by atoms with Gasteiger partial charge in [0.1, 0.15) is 5.00 Å². The SMILES string of the molecule is Cc1cc2c(s1)N=C1N(c3ccc(CO)cc3)CCC1(O)C2=O. The number of amidine groups is 1. The Hall–Kier alpha value is -2.02. The number of aliphatic imine (C=N–C) groups is 1. The molecule has 5 nitrogen and oxygen atoms in total. The van der Waals surface area contributed by atoms with Crippen LogP contribution < -0.4 is 4.90 Å². The van der Waals surface area contributed by atoms with Crippen LogP contribution in [0.2, 0.25) is 0 Å². The van der Waals surface area contributed by atoms with Gasteiger partial charge >= 0.3 is 0 Å². The van der Waals surface area contributed by atoms with E-state index in [2.05, 4.69) is 4.99 Å². The van der Waals surface area contributed by atoms with Crippen LogP contribution in [-0.2, 0) is 6.61 Å². The summed E-state index contributed by atoms with van der Waals surface area (Å²) in [7, 11) is 0. The van der Waals surface area contributed by atoms with E-state index in [0.717, 1.165) is 16.1 Å². The highest BCUT2D eigenvalue weighted by Gasteiger charge is 2.52. The van der Waals surface area contributed by atoms with Crippen molar-refractivity contribution in [2.75, 3.05) is 11.4 Å². The summed E-state index contributed by atoms with van der Waals surface area (Å²) in [5.41, 5.74) is 0.676. The van der Waals surface area contributed by atoms with Crippen LogP contribution in [-0.4, -0.2) is 34.0 Å². The molecule has 3 heterocycles. The molecular weight excluding hydrogens is 312 g/mol. The number of benzene rings is 1. The molecule has 6 heteroatoms. The van der Waals surface area contributed by atoms with Gasteiger partial charge in [-0.1, -0.05) is 12.1 Å². The van der Waals surface area contributed by atoms with Gasteiger partial charge in [0.15, 0.2) is 11.4 Å². The van der Waals surface area contributed by atoms with Crippen LogP contribution >= 0.6 is 11.3 Å². The number of fused-ring (bicyclic) bond motifs is 2. The Balaban J connectivity index is 1.80. The maximum atomic E-state index is 12.7. The molecule has 23 heavy (non-hydrogen) atoms. The zero-order valence-electron chi connectivity index (χ0n) is 12.6. The number of Topliss-reactive ketones (excluding diaryl/α,β-unsaturated/α-hetero) is 1. The molecule has 0 saturated carbocycles. The minimum Gasteiger partial charge on any atom is -0.392 e. The molecule has 1 aromatic carbocycles. The van der Waals surface area contributed by atoms with Gasteiger partial charge in [-0.2, -0.15) is 0 Å². The van der Waals surface area contributed by atoms with Gasteiger partial charge in [0, 0.05) is 23.5 Å². The van der Waals surface area contributed by atoms with Crippen molar-refractivity contribution in [3.63, 3.8) is 0 Å². The lowest BCUT2D eigenvalue weighted by molar-refractivity contribution is 0.0603. The molecule has 2 aromatic rings. The number of aliphatic hydroxyl groups excluding tert-OH is 1. The average Bonchev–Trinajstić information content (AvgIpc) is 3.09. The van der Waals surface area contributed by atoms with E-state index in [4.69, 9.17) is 5.11 Å². The maximum Gasteiger partial charge on any atom is 0.205 e. The van der Waals surface area contributed by atoms with E-state index in [-0.39, 0.29) is 12.4 Å². The molecule has 0 amide bonds. The largest absolute Gasteiger partial charge is 0.392 e. The summed E-state index contributed by atoms with van der Waals surface area (Å²) in [6.45, 7) is 2.45. The molecule has 118 valence electrons. The summed E-state index contributed by atoms with van der Waals surface area (Å²) in [6, 6.07) is 9.22. The summed E-state index contributed by atoms with van der Waals surface area (Å²) in [5.74, 6) is 0.157. The normalized spacial score (nSPS) is 22.8. The first-order valence-electron chi connectivity index (χ1n) is 7.47. The standard InChI is InChI=1S/C17H16N2O3S/c1-10-8-13-14(21)17(22)6-7-19(16(17)18-15(13)23-10)12-4-2-11(9-20)3-5-12/h2-5,8,20,22H,6-7,9H2,1H3. The van der Waals surface area contributed by atoms with Crippen molar-refractivity contribution in [1.82, 2.24) is 0 Å². The van der Waals surface area contributed by atoms with E-state index in [0.29, 0.717) is 29.4 Å². The second-order valence-corrected chi connectivity index (χ2v) is 7.16. The minimum atomic E-state index is -1.53. The number of carbonyl (C=O) groups excluding carboxylic acids is 1. The lowest BCUT2D eigenvalue weighted by Crippen LogP contribution is -2.48. The van der Waals surface area contributed by atoms with Gasteiger partial charge in [-0.05, 0) is 30.7 Å². The van der Waals surface area contributed by atoms with Crippen LogP contribution in [0.4, 0.5) is 10.7 Å². The van der Waals surface area contributed by atoms with E-state index in [1.807, 2.05) is 36.1 Å². The highest BCUT2D eigenvalue weighted by atomic mass is 32.1. The number of hydrogen-bond donors (Lipinski definition) is 2. The number of rotatable bonds is 2. The van der Waals surface area contributed by atoms with Crippen molar-refractivity contribution in [3.05, 3.63) is 46.3 Å². The summed E-state index contributed by atoms with van der Waals surface area (Å²) in [6.07, 6.45) is 0.334. The lowest BCUT2D eigenvalue weighted by Gasteiger charge is -2.28. The number of anilines is 1. The lowest BCUT2D eigenvalue weighted by atomic mass is 9.90. The van der Waals surface area contributed by atoms with Gasteiger partial charge < -0.3 is 15.1 Å². The molecule has 1 saturated heterocycles. The molecule has 1 aromatic heterocycles. The van der Waals surface area contributed by atoms with Gasteiger partial charge in [0.25, 0.3) is 0 Å². The Morgan fingerprint density at radius 2 is 2.09 bits per heavy atom. The van der Waals surface area contributed by atoms with Crippen molar-refractivity contribution in [2.45, 2.75) is 25.6 Å². The third-order valence-corrected chi connectivity index (χ3v) is 5.36. The third kappa shape index (κ3) is 2.06. The molecule has 0 bridgehead atoms. The van der Waals surface area contributed by atoms with Crippen molar-refractivity contribution in [2.24, 2.45) is 4.99 Å². The average molecular weight is 328 g/mol. The highest BCUT2D eigenvalue weighted by Crippen LogP contribution is 2.42. The summed E-state index contributed by atoms with van der Waals surface area (Å²) in [5, 5.41) is 20.7. The number of hydrogen-bond acceptors (Lipinski definition) is 6. The summed E-state index contributed by atoms with van der Waals surface area (Å²) < 4.78 is 0. The van der Waals surface area contributed by atoms with Gasteiger partial charge in [-0.25, -0.2) is 4.99 Å². The van der Waals surface area contributed by atoms with Crippen molar-refractivity contribution >= 4 is 33.6 Å². The predicted molar refractivity (Wildman–Crippen MR) is 89.8 cm³/mol. The number of ketones is 1. The molecule has 2 aliphatic heterocycles. The Labute approximate surface area is 137 Å². The van der Waals surface area contributed by atoms with Gasteiger partial charge in [0.2, 0.25) is 5.78 Å². The Morgan fingerprint density at radius 1 is 1.35 bits per heavy atom. The van der Waals surface area contributed by atoms with Gasteiger partial charge in [0.05, 0.1) is 12.2 Å². The monoisotopic (exact) mass is 328 g/mol. The smallest absolute Gasteiger partial charge is 0.205 e. The zero-order chi connectivity index (χ0) is 16.2. The molecule has 4 rings (SSSR count).